The van der Waals surface area contributed by atoms with Gasteiger partial charge in [-0.25, -0.2) is 0 Å². The highest BCUT2D eigenvalue weighted by Crippen LogP contribution is 2.68. The molecule has 4 aliphatic carbocycles. The van der Waals surface area contributed by atoms with E-state index in [-0.39, 0.29) is 39.8 Å². The Morgan fingerprint density at radius 3 is 2.53 bits per heavy atom. The average Bonchev–Trinajstić information content (AvgIpc) is 3.10. The number of aliphatic hydroxyl groups excluding tert-OH is 1. The van der Waals surface area contributed by atoms with Gasteiger partial charge in [0.2, 0.25) is 0 Å². The number of carbonyl (C=O) groups excluding carboxylic acids is 2. The molecule has 0 heterocycles. The van der Waals surface area contributed by atoms with Gasteiger partial charge in [-0.1, -0.05) is 43.1 Å². The lowest BCUT2D eigenvalue weighted by molar-refractivity contribution is -0.198. The predicted molar refractivity (Wildman–Crippen MR) is 138 cm³/mol. The Balaban J connectivity index is 1.63. The van der Waals surface area contributed by atoms with E-state index in [9.17, 15) is 14.7 Å². The van der Waals surface area contributed by atoms with Gasteiger partial charge in [-0.3, -0.25) is 14.5 Å². The smallest absolute Gasteiger partial charge is 0.320 e. The predicted octanol–water partition coefficient (Wildman–Crippen LogP) is 5.22. The van der Waals surface area contributed by atoms with E-state index in [0.29, 0.717) is 36.0 Å². The number of rotatable bonds is 7. The number of likely N-dealkylation sites (N-methyl/N-ethyl adjacent to an activating group) is 1. The monoisotopic (exact) mass is 539 g/mol. The van der Waals surface area contributed by atoms with E-state index >= 15 is 0 Å². The molecule has 1 N–H and O–H groups in total. The molecule has 6 heteroatoms. The fraction of sp³-hybridized carbons (Fsp3) is 0.929. The molecule has 4 aliphatic rings. The van der Waals surface area contributed by atoms with Gasteiger partial charge >= 0.3 is 5.97 Å². The van der Waals surface area contributed by atoms with Crippen molar-refractivity contribution in [3.8, 4) is 0 Å². The first-order valence-electron chi connectivity index (χ1n) is 13.7. The summed E-state index contributed by atoms with van der Waals surface area (Å²) >= 11 is 3.78. The van der Waals surface area contributed by atoms with Crippen LogP contribution in [0.4, 0.5) is 0 Å². The number of unbranched alkanes of at least 4 members (excludes halogenated alkanes) is 1. The molecule has 5 nitrogen and oxygen atoms in total. The van der Waals surface area contributed by atoms with Gasteiger partial charge in [0.15, 0.2) is 0 Å². The van der Waals surface area contributed by atoms with Crippen molar-refractivity contribution in [2.75, 3.05) is 20.1 Å². The van der Waals surface area contributed by atoms with Crippen LogP contribution in [0.2, 0.25) is 0 Å². The van der Waals surface area contributed by atoms with E-state index in [1.807, 2.05) is 7.05 Å². The van der Waals surface area contributed by atoms with Crippen LogP contribution in [-0.4, -0.2) is 58.9 Å². The summed E-state index contributed by atoms with van der Waals surface area (Å²) in [7, 11) is 2.00. The standard InChI is InChI=1S/C28H46BrNO4/c1-6-7-12-30(5)16-25(33)34-24-15-28(4)20(17(2)31)10-11-21(28)19-9-8-18-13-23(32)22(29)14-27(18,3)26(19)24/h18-24,26,32H,6-16H2,1-5H3/t18?,19-,20+,21-,22?,23?,24?,26+,27-,28+/m0/s1. The Bertz CT molecular complexity index is 776. The van der Waals surface area contributed by atoms with Gasteiger partial charge in [-0.15, -0.1) is 0 Å². The van der Waals surface area contributed by atoms with Crippen LogP contribution in [0.25, 0.3) is 0 Å². The number of alkyl halides is 1. The number of hydrogen-bond acceptors (Lipinski definition) is 5. The highest BCUT2D eigenvalue weighted by Gasteiger charge is 2.65. The van der Waals surface area contributed by atoms with Crippen LogP contribution in [0.15, 0.2) is 0 Å². The fourth-order valence-corrected chi connectivity index (χ4v) is 9.95. The summed E-state index contributed by atoms with van der Waals surface area (Å²) in [6.07, 6.45) is 8.62. The molecule has 0 aromatic carbocycles. The van der Waals surface area contributed by atoms with Crippen molar-refractivity contribution in [1.82, 2.24) is 4.90 Å². The maximum atomic E-state index is 13.2. The quantitative estimate of drug-likeness (QED) is 0.354. The van der Waals surface area contributed by atoms with E-state index < -0.39 is 0 Å². The summed E-state index contributed by atoms with van der Waals surface area (Å²) < 4.78 is 6.42. The number of ketones is 1. The lowest BCUT2D eigenvalue weighted by Gasteiger charge is -2.63. The molecule has 194 valence electrons. The molecule has 4 rings (SSSR count). The van der Waals surface area contributed by atoms with Crippen LogP contribution in [0.5, 0.6) is 0 Å². The molecule has 0 radical (unpaired) electrons. The average molecular weight is 541 g/mol. The first-order valence-corrected chi connectivity index (χ1v) is 14.6. The van der Waals surface area contributed by atoms with Gasteiger partial charge in [0.05, 0.1) is 12.6 Å². The number of fused-ring (bicyclic) bond motifs is 5. The number of hydrogen-bond donors (Lipinski definition) is 1. The minimum absolute atomic E-state index is 0.0328. The molecule has 34 heavy (non-hydrogen) atoms. The van der Waals surface area contributed by atoms with Gasteiger partial charge in [-0.2, -0.15) is 0 Å². The molecule has 0 spiro atoms. The number of Topliss-reactive ketones (excluding diaryl/α,β-unsaturated/α-hetero) is 1. The lowest BCUT2D eigenvalue weighted by Crippen LogP contribution is -2.61. The molecule has 10 atom stereocenters. The zero-order chi connectivity index (χ0) is 24.8. The summed E-state index contributed by atoms with van der Waals surface area (Å²) in [5.74, 6) is 2.01. The number of nitrogens with zero attached hydrogens (tertiary/aromatic N) is 1. The number of ether oxygens (including phenoxy) is 1. The van der Waals surface area contributed by atoms with Crippen molar-refractivity contribution in [2.24, 2.45) is 40.4 Å². The van der Waals surface area contributed by atoms with Crippen molar-refractivity contribution >= 4 is 27.7 Å². The number of carbonyl (C=O) groups is 2. The molecule has 4 unspecified atom stereocenters. The van der Waals surface area contributed by atoms with E-state index in [1.54, 1.807) is 6.92 Å². The first-order chi connectivity index (χ1) is 16.0. The van der Waals surface area contributed by atoms with E-state index in [1.165, 1.54) is 0 Å². The second kappa shape index (κ2) is 10.1. The van der Waals surface area contributed by atoms with E-state index in [4.69, 9.17) is 4.74 Å². The molecule has 0 saturated heterocycles. The molecule has 0 aromatic heterocycles. The van der Waals surface area contributed by atoms with Gasteiger partial charge in [0.25, 0.3) is 0 Å². The fourth-order valence-electron chi connectivity index (χ4n) is 9.04. The van der Waals surface area contributed by atoms with Crippen LogP contribution in [0, 0.1) is 40.4 Å². The third-order valence-electron chi connectivity index (χ3n) is 10.6. The molecule has 0 aromatic rings. The van der Waals surface area contributed by atoms with Crippen LogP contribution in [0.3, 0.4) is 0 Å². The Hall–Kier alpha value is -0.460. The van der Waals surface area contributed by atoms with Gasteiger partial charge in [0, 0.05) is 16.7 Å². The maximum Gasteiger partial charge on any atom is 0.320 e. The summed E-state index contributed by atoms with van der Waals surface area (Å²) in [6.45, 7) is 9.86. The highest BCUT2D eigenvalue weighted by atomic mass is 79.9. The summed E-state index contributed by atoms with van der Waals surface area (Å²) in [5.41, 5.74) is -0.0533. The third kappa shape index (κ3) is 4.65. The summed E-state index contributed by atoms with van der Waals surface area (Å²) in [5, 5.41) is 10.6. The van der Waals surface area contributed by atoms with Crippen molar-refractivity contribution < 1.29 is 19.4 Å². The first kappa shape index (κ1) is 26.6. The van der Waals surface area contributed by atoms with Crippen molar-refractivity contribution in [3.05, 3.63) is 0 Å². The Labute approximate surface area is 214 Å². The summed E-state index contributed by atoms with van der Waals surface area (Å²) in [4.78, 5) is 28.0. The maximum absolute atomic E-state index is 13.2. The molecule has 0 aliphatic heterocycles. The Morgan fingerprint density at radius 1 is 1.12 bits per heavy atom. The Kier molecular flexibility index (Phi) is 7.92. The number of halogens is 1. The topological polar surface area (TPSA) is 66.8 Å². The van der Waals surface area contributed by atoms with Crippen LogP contribution in [0.1, 0.15) is 85.5 Å². The van der Waals surface area contributed by atoms with Crippen LogP contribution >= 0.6 is 15.9 Å². The Morgan fingerprint density at radius 2 is 1.85 bits per heavy atom. The molecular weight excluding hydrogens is 494 g/mol. The number of esters is 1. The zero-order valence-electron chi connectivity index (χ0n) is 21.9. The van der Waals surface area contributed by atoms with Crippen molar-refractivity contribution in [3.63, 3.8) is 0 Å². The van der Waals surface area contributed by atoms with Gasteiger partial charge in [0.1, 0.15) is 11.9 Å². The van der Waals surface area contributed by atoms with Crippen molar-refractivity contribution in [1.29, 1.82) is 0 Å². The van der Waals surface area contributed by atoms with Crippen LogP contribution < -0.4 is 0 Å². The zero-order valence-corrected chi connectivity index (χ0v) is 23.5. The molecule has 0 amide bonds. The number of aliphatic hydroxyl groups is 1. The SMILES string of the molecule is CCCCN(C)CC(=O)OC1C[C@]2(C)[C@@H](C(C)=O)CC[C@H]2[C@@H]2CCC3CC(O)C(Br)C[C@]3(C)[C@@H]12. The molecule has 0 bridgehead atoms. The van der Waals surface area contributed by atoms with Gasteiger partial charge < -0.3 is 9.84 Å². The molecule has 4 fully saturated rings. The van der Waals surface area contributed by atoms with E-state index in [0.717, 1.165) is 64.3 Å². The lowest BCUT2D eigenvalue weighted by atomic mass is 9.43. The molecular formula is C28H46BrNO4. The van der Waals surface area contributed by atoms with Gasteiger partial charge in [-0.05, 0) is 100 Å². The normalized spacial score (nSPS) is 45.9. The van der Waals surface area contributed by atoms with Crippen LogP contribution in [-0.2, 0) is 14.3 Å². The second-order valence-corrected chi connectivity index (χ2v) is 13.8. The van der Waals surface area contributed by atoms with Crippen molar-refractivity contribution in [2.45, 2.75) is 103 Å². The molecule has 4 saturated carbocycles. The minimum Gasteiger partial charge on any atom is -0.461 e. The highest BCUT2D eigenvalue weighted by molar-refractivity contribution is 9.09. The van der Waals surface area contributed by atoms with E-state index in [2.05, 4.69) is 41.6 Å². The summed E-state index contributed by atoms with van der Waals surface area (Å²) in [6, 6.07) is 0. The largest absolute Gasteiger partial charge is 0.461 e. The minimum atomic E-state index is -0.301. The second-order valence-electron chi connectivity index (χ2n) is 12.7. The third-order valence-corrected chi connectivity index (χ3v) is 11.5.